The lowest BCUT2D eigenvalue weighted by Gasteiger charge is -2.34. The monoisotopic (exact) mass is 413 g/mol. The first-order valence-electron chi connectivity index (χ1n) is 7.08. The third kappa shape index (κ3) is 4.23. The molecule has 0 unspecified atom stereocenters. The number of nitrogens with one attached hydrogen (secondary N) is 1. The molecule has 6 nitrogen and oxygen atoms in total. The lowest BCUT2D eigenvalue weighted by Crippen LogP contribution is -2.43. The van der Waals surface area contributed by atoms with E-state index >= 15 is 0 Å². The highest BCUT2D eigenvalue weighted by atomic mass is 79.9. The molecule has 1 amide bonds. The highest BCUT2D eigenvalue weighted by Gasteiger charge is 2.17. The second-order valence-corrected chi connectivity index (χ2v) is 7.48. The number of aromatic nitrogens is 2. The predicted octanol–water partition coefficient (Wildman–Crippen LogP) is 2.95. The van der Waals surface area contributed by atoms with Crippen molar-refractivity contribution < 1.29 is 4.79 Å². The van der Waals surface area contributed by atoms with E-state index < -0.39 is 0 Å². The minimum absolute atomic E-state index is 0.245. The summed E-state index contributed by atoms with van der Waals surface area (Å²) in [5.74, 6) is -0.245. The second kappa shape index (κ2) is 7.61. The summed E-state index contributed by atoms with van der Waals surface area (Å²) >= 11 is 6.41. The molecule has 9 heteroatoms. The van der Waals surface area contributed by atoms with E-state index in [4.69, 9.17) is 0 Å². The number of anilines is 2. The molecule has 23 heavy (non-hydrogen) atoms. The minimum Gasteiger partial charge on any atom is -0.368 e. The van der Waals surface area contributed by atoms with Gasteiger partial charge in [0, 0.05) is 31.6 Å². The number of pyridine rings is 1. The fourth-order valence-corrected chi connectivity index (χ4v) is 3.98. The van der Waals surface area contributed by atoms with Crippen molar-refractivity contribution in [3.8, 4) is 0 Å². The zero-order chi connectivity index (χ0) is 16.2. The summed E-state index contributed by atoms with van der Waals surface area (Å²) in [6.07, 6.45) is 3.87. The van der Waals surface area contributed by atoms with Crippen molar-refractivity contribution in [2.24, 2.45) is 0 Å². The van der Waals surface area contributed by atoms with Gasteiger partial charge < -0.3 is 4.90 Å². The van der Waals surface area contributed by atoms with Crippen molar-refractivity contribution in [2.75, 3.05) is 42.7 Å². The van der Waals surface area contributed by atoms with Crippen LogP contribution in [-0.4, -0.2) is 52.6 Å². The Kier molecular flexibility index (Phi) is 5.52. The first kappa shape index (κ1) is 16.7. The van der Waals surface area contributed by atoms with Crippen molar-refractivity contribution in [2.45, 2.75) is 0 Å². The van der Waals surface area contributed by atoms with Gasteiger partial charge in [-0.25, -0.2) is 14.3 Å². The summed E-state index contributed by atoms with van der Waals surface area (Å²) in [7, 11) is 0. The number of halogens is 1. The molecule has 3 rings (SSSR count). The highest BCUT2D eigenvalue weighted by molar-refractivity contribution is 9.10. The van der Waals surface area contributed by atoms with Gasteiger partial charge in [0.15, 0.2) is 5.13 Å². The Hall–Kier alpha value is -1.16. The van der Waals surface area contributed by atoms with E-state index in [-0.39, 0.29) is 5.91 Å². The van der Waals surface area contributed by atoms with E-state index in [1.807, 2.05) is 11.4 Å². The molecular formula is C14H16BrN5OS2. The molecule has 0 aromatic carbocycles. The van der Waals surface area contributed by atoms with E-state index in [1.165, 1.54) is 11.3 Å². The van der Waals surface area contributed by atoms with Crippen LogP contribution in [0.2, 0.25) is 0 Å². The molecule has 0 radical (unpaired) electrons. The van der Waals surface area contributed by atoms with Gasteiger partial charge in [-0.05, 0) is 34.3 Å². The van der Waals surface area contributed by atoms with Crippen LogP contribution in [0.25, 0.3) is 0 Å². The zero-order valence-electron chi connectivity index (χ0n) is 12.5. The molecule has 3 heterocycles. The van der Waals surface area contributed by atoms with E-state index in [0.29, 0.717) is 15.4 Å². The minimum atomic E-state index is -0.245. The Morgan fingerprint density at radius 3 is 2.70 bits per heavy atom. The highest BCUT2D eigenvalue weighted by Crippen LogP contribution is 2.21. The van der Waals surface area contributed by atoms with Gasteiger partial charge >= 0.3 is 0 Å². The van der Waals surface area contributed by atoms with Gasteiger partial charge in [0.25, 0.3) is 5.91 Å². The smallest absolute Gasteiger partial charge is 0.276 e. The summed E-state index contributed by atoms with van der Waals surface area (Å²) < 4.78 is 3.06. The van der Waals surface area contributed by atoms with Crippen molar-refractivity contribution in [1.82, 2.24) is 14.3 Å². The number of carbonyl (C=O) groups is 1. The lowest BCUT2D eigenvalue weighted by atomic mass is 10.2. The van der Waals surface area contributed by atoms with Crippen LogP contribution in [0.1, 0.15) is 10.5 Å². The van der Waals surface area contributed by atoms with Gasteiger partial charge in [0.1, 0.15) is 10.3 Å². The van der Waals surface area contributed by atoms with Gasteiger partial charge in [-0.2, -0.15) is 0 Å². The first-order valence-corrected chi connectivity index (χ1v) is 9.93. The maximum absolute atomic E-state index is 12.1. The molecule has 1 aliphatic heterocycles. The number of piperazine rings is 1. The largest absolute Gasteiger partial charge is 0.368 e. The number of amides is 1. The Balaban J connectivity index is 1.61. The maximum Gasteiger partial charge on any atom is 0.276 e. The molecule has 1 N–H and O–H groups in total. The third-order valence-corrected chi connectivity index (χ3v) is 5.89. The Bertz CT molecular complexity index is 670. The predicted molar refractivity (Wildman–Crippen MR) is 99.3 cm³/mol. The Morgan fingerprint density at radius 2 is 2.13 bits per heavy atom. The molecular weight excluding hydrogens is 398 g/mol. The standard InChI is InChI=1S/C14H16BrN5OS2/c1-22-20-6-4-19(5-7-20)10-2-3-11(16-8-10)13(21)18-14-17-12(15)9-23-14/h2-3,8-9H,4-7H2,1H3,(H,17,18,21). The number of carbonyl (C=O) groups excluding carboxylic acids is 1. The Labute approximate surface area is 151 Å². The second-order valence-electron chi connectivity index (χ2n) is 4.93. The lowest BCUT2D eigenvalue weighted by molar-refractivity contribution is 0.102. The maximum atomic E-state index is 12.1. The molecule has 0 atom stereocenters. The fourth-order valence-electron chi connectivity index (χ4n) is 2.31. The first-order chi connectivity index (χ1) is 11.2. The van der Waals surface area contributed by atoms with Crippen LogP contribution in [-0.2, 0) is 0 Å². The molecule has 0 aliphatic carbocycles. The molecule has 1 aliphatic rings. The average Bonchev–Trinajstić information content (AvgIpc) is 3.00. The number of rotatable bonds is 4. The van der Waals surface area contributed by atoms with Gasteiger partial charge in [-0.3, -0.25) is 10.1 Å². The summed E-state index contributed by atoms with van der Waals surface area (Å²) in [5, 5.41) is 5.12. The van der Waals surface area contributed by atoms with Gasteiger partial charge in [0.05, 0.1) is 11.9 Å². The number of nitrogens with zero attached hydrogens (tertiary/aromatic N) is 4. The SMILES string of the molecule is CSN1CCN(c2ccc(C(=O)Nc3nc(Br)cs3)nc2)CC1. The fraction of sp³-hybridized carbons (Fsp3) is 0.357. The summed E-state index contributed by atoms with van der Waals surface area (Å²) in [6.45, 7) is 4.01. The molecule has 1 saturated heterocycles. The summed E-state index contributed by atoms with van der Waals surface area (Å²) in [6, 6.07) is 3.71. The van der Waals surface area contributed by atoms with Crippen LogP contribution in [0.15, 0.2) is 28.3 Å². The molecule has 0 saturated carbocycles. The molecule has 0 bridgehead atoms. The van der Waals surface area contributed by atoms with Crippen molar-refractivity contribution in [1.29, 1.82) is 0 Å². The van der Waals surface area contributed by atoms with Crippen LogP contribution < -0.4 is 10.2 Å². The number of thiazole rings is 1. The van der Waals surface area contributed by atoms with Crippen LogP contribution in [0.3, 0.4) is 0 Å². The van der Waals surface area contributed by atoms with E-state index in [0.717, 1.165) is 31.9 Å². The quantitative estimate of drug-likeness (QED) is 0.777. The van der Waals surface area contributed by atoms with Crippen LogP contribution in [0.4, 0.5) is 10.8 Å². The van der Waals surface area contributed by atoms with E-state index in [9.17, 15) is 4.79 Å². The molecule has 1 fully saturated rings. The molecule has 122 valence electrons. The Morgan fingerprint density at radius 1 is 1.35 bits per heavy atom. The van der Waals surface area contributed by atoms with Crippen LogP contribution >= 0.6 is 39.2 Å². The van der Waals surface area contributed by atoms with E-state index in [2.05, 4.69) is 46.7 Å². The molecule has 0 spiro atoms. The average molecular weight is 414 g/mol. The van der Waals surface area contributed by atoms with Crippen LogP contribution in [0.5, 0.6) is 0 Å². The van der Waals surface area contributed by atoms with Gasteiger partial charge in [-0.1, -0.05) is 11.9 Å². The van der Waals surface area contributed by atoms with E-state index in [1.54, 1.807) is 24.2 Å². The van der Waals surface area contributed by atoms with Crippen molar-refractivity contribution >= 4 is 55.9 Å². The van der Waals surface area contributed by atoms with Crippen LogP contribution in [0, 0.1) is 0 Å². The molecule has 2 aromatic rings. The topological polar surface area (TPSA) is 61.4 Å². The third-order valence-electron chi connectivity index (χ3n) is 3.54. The van der Waals surface area contributed by atoms with Gasteiger partial charge in [0.2, 0.25) is 0 Å². The summed E-state index contributed by atoms with van der Waals surface area (Å²) in [5.41, 5.74) is 1.45. The summed E-state index contributed by atoms with van der Waals surface area (Å²) in [4.78, 5) is 22.9. The number of hydrogen-bond donors (Lipinski definition) is 1. The van der Waals surface area contributed by atoms with Gasteiger partial charge in [-0.15, -0.1) is 11.3 Å². The van der Waals surface area contributed by atoms with Crippen molar-refractivity contribution in [3.63, 3.8) is 0 Å². The molecule has 2 aromatic heterocycles. The number of hydrogen-bond acceptors (Lipinski definition) is 7. The zero-order valence-corrected chi connectivity index (χ0v) is 15.7. The van der Waals surface area contributed by atoms with Crippen molar-refractivity contribution in [3.05, 3.63) is 34.0 Å². The normalized spacial score (nSPS) is 15.7.